The lowest BCUT2D eigenvalue weighted by Gasteiger charge is -2.20. The van der Waals surface area contributed by atoms with Gasteiger partial charge in [0.2, 0.25) is 0 Å². The van der Waals surface area contributed by atoms with Crippen molar-refractivity contribution >= 4 is 11.9 Å². The molecule has 1 unspecified atom stereocenters. The highest BCUT2D eigenvalue weighted by atomic mass is 16.4. The molecule has 21 heavy (non-hydrogen) atoms. The van der Waals surface area contributed by atoms with Gasteiger partial charge in [0, 0.05) is 25.3 Å². The minimum absolute atomic E-state index is 0.118. The van der Waals surface area contributed by atoms with Crippen LogP contribution in [0.2, 0.25) is 0 Å². The normalized spacial score (nSPS) is 22.0. The van der Waals surface area contributed by atoms with Crippen LogP contribution in [0.25, 0.3) is 0 Å². The van der Waals surface area contributed by atoms with Crippen LogP contribution in [0, 0.1) is 18.3 Å². The molecular weight excluding hydrogens is 270 g/mol. The van der Waals surface area contributed by atoms with Crippen molar-refractivity contribution in [3.05, 3.63) is 17.5 Å². The Bertz CT molecular complexity index is 565. The molecule has 1 amide bonds. The molecule has 1 saturated heterocycles. The Hall–Kier alpha value is -1.85. The molecule has 2 heterocycles. The summed E-state index contributed by atoms with van der Waals surface area (Å²) in [5.41, 5.74) is 0.584. The number of carboxylic acids is 1. The number of rotatable bonds is 4. The Morgan fingerprint density at radius 1 is 1.48 bits per heavy atom. The predicted octanol–water partition coefficient (Wildman–Crippen LogP) is 1.78. The van der Waals surface area contributed by atoms with Gasteiger partial charge in [-0.05, 0) is 26.2 Å². The number of carbonyl (C=O) groups is 2. The van der Waals surface area contributed by atoms with Gasteiger partial charge in [0.1, 0.15) is 0 Å². The van der Waals surface area contributed by atoms with Gasteiger partial charge in [-0.25, -0.2) is 0 Å². The Kier molecular flexibility index (Phi) is 4.07. The van der Waals surface area contributed by atoms with E-state index in [9.17, 15) is 14.7 Å². The molecule has 1 atom stereocenters. The zero-order valence-electron chi connectivity index (χ0n) is 13.1. The summed E-state index contributed by atoms with van der Waals surface area (Å²) in [5, 5.41) is 13.5. The molecule has 1 aromatic heterocycles. The lowest BCUT2D eigenvalue weighted by Crippen LogP contribution is -2.35. The number of likely N-dealkylation sites (tertiary alicyclic amines) is 1. The van der Waals surface area contributed by atoms with Gasteiger partial charge in [-0.2, -0.15) is 5.10 Å². The van der Waals surface area contributed by atoms with E-state index in [1.165, 1.54) is 0 Å². The Morgan fingerprint density at radius 2 is 2.14 bits per heavy atom. The molecule has 0 aliphatic carbocycles. The van der Waals surface area contributed by atoms with Crippen LogP contribution in [-0.2, 0) is 11.3 Å². The number of hydrogen-bond acceptors (Lipinski definition) is 3. The summed E-state index contributed by atoms with van der Waals surface area (Å²) in [6, 6.07) is 0. The molecule has 0 saturated carbocycles. The maximum absolute atomic E-state index is 12.6. The monoisotopic (exact) mass is 293 g/mol. The van der Waals surface area contributed by atoms with Crippen molar-refractivity contribution in [3.63, 3.8) is 0 Å². The summed E-state index contributed by atoms with van der Waals surface area (Å²) in [6.07, 6.45) is 2.09. The Morgan fingerprint density at radius 3 is 2.67 bits per heavy atom. The van der Waals surface area contributed by atoms with Gasteiger partial charge < -0.3 is 10.0 Å². The number of carbonyl (C=O) groups excluding carboxylic acids is 1. The van der Waals surface area contributed by atoms with Crippen LogP contribution in [0.3, 0.4) is 0 Å². The second kappa shape index (κ2) is 5.50. The Balaban J connectivity index is 2.15. The molecule has 0 aromatic carbocycles. The lowest BCUT2D eigenvalue weighted by molar-refractivity contribution is -0.147. The van der Waals surface area contributed by atoms with E-state index in [1.807, 2.05) is 11.6 Å². The van der Waals surface area contributed by atoms with Gasteiger partial charge in [0.15, 0.2) is 0 Å². The summed E-state index contributed by atoms with van der Waals surface area (Å²) in [5.74, 6) is -0.508. The van der Waals surface area contributed by atoms with E-state index in [0.29, 0.717) is 24.4 Å². The van der Waals surface area contributed by atoms with Crippen LogP contribution in [0.15, 0.2) is 6.20 Å². The molecule has 1 aromatic rings. The fourth-order valence-corrected chi connectivity index (χ4v) is 2.67. The van der Waals surface area contributed by atoms with Crippen molar-refractivity contribution in [2.75, 3.05) is 13.1 Å². The summed E-state index contributed by atoms with van der Waals surface area (Å²) in [4.78, 5) is 25.4. The molecular formula is C15H23N3O3. The summed E-state index contributed by atoms with van der Waals surface area (Å²) in [6.45, 7) is 9.29. The quantitative estimate of drug-likeness (QED) is 0.918. The highest BCUT2D eigenvalue weighted by Crippen LogP contribution is 2.31. The summed E-state index contributed by atoms with van der Waals surface area (Å²) >= 11 is 0. The molecule has 0 radical (unpaired) electrons. The molecule has 1 N–H and O–H groups in total. The molecule has 0 bridgehead atoms. The fraction of sp³-hybridized carbons (Fsp3) is 0.667. The smallest absolute Gasteiger partial charge is 0.311 e. The molecule has 1 aliphatic rings. The average Bonchev–Trinajstić information content (AvgIpc) is 2.95. The van der Waals surface area contributed by atoms with Crippen LogP contribution in [0.1, 0.15) is 43.2 Å². The molecule has 0 spiro atoms. The Labute approximate surface area is 124 Å². The van der Waals surface area contributed by atoms with Crippen LogP contribution < -0.4 is 0 Å². The number of aromatic nitrogens is 2. The number of aliphatic carboxylic acids is 1. The van der Waals surface area contributed by atoms with Gasteiger partial charge in [0.25, 0.3) is 5.91 Å². The van der Waals surface area contributed by atoms with Crippen LogP contribution >= 0.6 is 0 Å². The third kappa shape index (κ3) is 2.94. The topological polar surface area (TPSA) is 75.4 Å². The van der Waals surface area contributed by atoms with E-state index in [4.69, 9.17) is 0 Å². The SMILES string of the molecule is Cc1c(C(=O)N2CCC(C)(C(=O)O)C2)cnn1CC(C)C. The van der Waals surface area contributed by atoms with E-state index in [1.54, 1.807) is 18.0 Å². The van der Waals surface area contributed by atoms with Crippen molar-refractivity contribution in [1.29, 1.82) is 0 Å². The first-order valence-corrected chi connectivity index (χ1v) is 7.29. The van der Waals surface area contributed by atoms with E-state index >= 15 is 0 Å². The van der Waals surface area contributed by atoms with Crippen molar-refractivity contribution in [1.82, 2.24) is 14.7 Å². The van der Waals surface area contributed by atoms with E-state index in [0.717, 1.165) is 12.2 Å². The second-order valence-electron chi connectivity index (χ2n) is 6.56. The largest absolute Gasteiger partial charge is 0.481 e. The number of hydrogen-bond donors (Lipinski definition) is 1. The minimum atomic E-state index is -0.843. The van der Waals surface area contributed by atoms with Gasteiger partial charge in [0.05, 0.1) is 17.2 Å². The maximum atomic E-state index is 12.6. The van der Waals surface area contributed by atoms with E-state index in [-0.39, 0.29) is 12.5 Å². The second-order valence-corrected chi connectivity index (χ2v) is 6.56. The van der Waals surface area contributed by atoms with Crippen molar-refractivity contribution < 1.29 is 14.7 Å². The first-order chi connectivity index (χ1) is 9.74. The summed E-state index contributed by atoms with van der Waals surface area (Å²) in [7, 11) is 0. The molecule has 116 valence electrons. The fourth-order valence-electron chi connectivity index (χ4n) is 2.67. The van der Waals surface area contributed by atoms with Crippen molar-refractivity contribution in [2.45, 2.75) is 40.7 Å². The van der Waals surface area contributed by atoms with Crippen LogP contribution in [0.5, 0.6) is 0 Å². The zero-order chi connectivity index (χ0) is 15.8. The maximum Gasteiger partial charge on any atom is 0.311 e. The third-order valence-electron chi connectivity index (χ3n) is 4.15. The standard InChI is InChI=1S/C15H23N3O3/c1-10(2)8-18-11(3)12(7-16-18)13(19)17-6-5-15(4,9-17)14(20)21/h7,10H,5-6,8-9H2,1-4H3,(H,20,21). The molecule has 1 fully saturated rings. The summed E-state index contributed by atoms with van der Waals surface area (Å²) < 4.78 is 1.84. The number of nitrogens with zero attached hydrogens (tertiary/aromatic N) is 3. The highest BCUT2D eigenvalue weighted by Gasteiger charge is 2.42. The van der Waals surface area contributed by atoms with Crippen LogP contribution in [-0.4, -0.2) is 44.8 Å². The highest BCUT2D eigenvalue weighted by molar-refractivity contribution is 5.95. The van der Waals surface area contributed by atoms with Gasteiger partial charge in [-0.3, -0.25) is 14.3 Å². The number of amides is 1. The lowest BCUT2D eigenvalue weighted by atomic mass is 9.90. The van der Waals surface area contributed by atoms with Crippen molar-refractivity contribution in [2.24, 2.45) is 11.3 Å². The minimum Gasteiger partial charge on any atom is -0.481 e. The molecule has 6 heteroatoms. The van der Waals surface area contributed by atoms with Crippen LogP contribution in [0.4, 0.5) is 0 Å². The molecule has 1 aliphatic heterocycles. The van der Waals surface area contributed by atoms with Gasteiger partial charge in [-0.15, -0.1) is 0 Å². The number of carboxylic acid groups (broad SMARTS) is 1. The first-order valence-electron chi connectivity index (χ1n) is 7.29. The first kappa shape index (κ1) is 15.5. The zero-order valence-corrected chi connectivity index (χ0v) is 13.1. The molecule has 2 rings (SSSR count). The average molecular weight is 293 g/mol. The van der Waals surface area contributed by atoms with E-state index in [2.05, 4.69) is 18.9 Å². The van der Waals surface area contributed by atoms with Crippen molar-refractivity contribution in [3.8, 4) is 0 Å². The molecule has 6 nitrogen and oxygen atoms in total. The predicted molar refractivity (Wildman–Crippen MR) is 78.1 cm³/mol. The van der Waals surface area contributed by atoms with E-state index < -0.39 is 11.4 Å². The van der Waals surface area contributed by atoms with Gasteiger partial charge in [-0.1, -0.05) is 13.8 Å². The third-order valence-corrected chi connectivity index (χ3v) is 4.15. The van der Waals surface area contributed by atoms with Gasteiger partial charge >= 0.3 is 5.97 Å².